The summed E-state index contributed by atoms with van der Waals surface area (Å²) in [6, 6.07) is 9.07. The average Bonchev–Trinajstić information content (AvgIpc) is 2.53. The lowest BCUT2D eigenvalue weighted by Gasteiger charge is -2.12. The van der Waals surface area contributed by atoms with Gasteiger partial charge in [-0.1, -0.05) is 6.07 Å². The van der Waals surface area contributed by atoms with Crippen LogP contribution in [0.2, 0.25) is 0 Å². The highest BCUT2D eigenvalue weighted by molar-refractivity contribution is 5.85. The molecule has 22 heavy (non-hydrogen) atoms. The van der Waals surface area contributed by atoms with Crippen LogP contribution in [0.3, 0.4) is 0 Å². The molecule has 1 aromatic carbocycles. The summed E-state index contributed by atoms with van der Waals surface area (Å²) < 4.78 is 11.3. The molecule has 114 valence electrons. The third-order valence-electron chi connectivity index (χ3n) is 2.83. The number of benzene rings is 1. The first-order valence-corrected chi connectivity index (χ1v) is 6.88. The lowest BCUT2D eigenvalue weighted by Crippen LogP contribution is -2.00. The fraction of sp³-hybridized carbons (Fsp3) is 0.176. The van der Waals surface area contributed by atoms with Crippen LogP contribution >= 0.6 is 0 Å². The van der Waals surface area contributed by atoms with Crippen molar-refractivity contribution in [1.29, 1.82) is 0 Å². The first-order valence-electron chi connectivity index (χ1n) is 6.88. The maximum absolute atomic E-state index is 10.6. The molecule has 0 aliphatic carbocycles. The van der Waals surface area contributed by atoms with Crippen molar-refractivity contribution >= 4 is 12.0 Å². The number of pyridine rings is 1. The van der Waals surface area contributed by atoms with Crippen molar-refractivity contribution in [3.63, 3.8) is 0 Å². The van der Waals surface area contributed by atoms with Gasteiger partial charge in [0.05, 0.1) is 6.61 Å². The largest absolute Gasteiger partial charge is 0.490 e. The summed E-state index contributed by atoms with van der Waals surface area (Å²) >= 11 is 0. The predicted molar refractivity (Wildman–Crippen MR) is 82.8 cm³/mol. The lowest BCUT2D eigenvalue weighted by molar-refractivity contribution is -0.131. The number of hydrogen-bond donors (Lipinski definition) is 1. The highest BCUT2D eigenvalue weighted by Crippen LogP contribution is 2.29. The van der Waals surface area contributed by atoms with Gasteiger partial charge in [0.2, 0.25) is 0 Å². The molecule has 5 heteroatoms. The molecule has 0 unspecified atom stereocenters. The van der Waals surface area contributed by atoms with Gasteiger partial charge in [-0.05, 0) is 48.4 Å². The molecule has 5 nitrogen and oxygen atoms in total. The number of aliphatic carboxylic acids is 1. The third-order valence-corrected chi connectivity index (χ3v) is 2.83. The second-order valence-electron chi connectivity index (χ2n) is 4.45. The van der Waals surface area contributed by atoms with Gasteiger partial charge in [0.25, 0.3) is 0 Å². The Morgan fingerprint density at radius 2 is 1.95 bits per heavy atom. The van der Waals surface area contributed by atoms with Crippen LogP contribution in [0, 0.1) is 0 Å². The van der Waals surface area contributed by atoms with Gasteiger partial charge in [-0.15, -0.1) is 0 Å². The van der Waals surface area contributed by atoms with Gasteiger partial charge in [-0.3, -0.25) is 4.98 Å². The number of ether oxygens (including phenoxy) is 2. The van der Waals surface area contributed by atoms with E-state index in [2.05, 4.69) is 4.98 Å². The van der Waals surface area contributed by atoms with E-state index in [-0.39, 0.29) is 0 Å². The summed E-state index contributed by atoms with van der Waals surface area (Å²) in [6.45, 7) is 2.79. The molecular weight excluding hydrogens is 282 g/mol. The molecule has 0 saturated carbocycles. The van der Waals surface area contributed by atoms with Crippen molar-refractivity contribution in [2.75, 3.05) is 6.61 Å². The summed E-state index contributed by atoms with van der Waals surface area (Å²) in [4.78, 5) is 14.5. The van der Waals surface area contributed by atoms with Gasteiger partial charge in [-0.2, -0.15) is 0 Å². The summed E-state index contributed by atoms with van der Waals surface area (Å²) in [6.07, 6.45) is 6.02. The van der Waals surface area contributed by atoms with Gasteiger partial charge in [0, 0.05) is 18.5 Å². The van der Waals surface area contributed by atoms with Crippen molar-refractivity contribution in [3.05, 3.63) is 59.9 Å². The number of rotatable bonds is 7. The maximum atomic E-state index is 10.6. The predicted octanol–water partition coefficient (Wildman–Crippen LogP) is 3.16. The Balaban J connectivity index is 2.14. The zero-order valence-corrected chi connectivity index (χ0v) is 12.2. The Labute approximate surface area is 128 Å². The second kappa shape index (κ2) is 7.83. The van der Waals surface area contributed by atoms with Gasteiger partial charge in [0.1, 0.15) is 6.61 Å². The van der Waals surface area contributed by atoms with Gasteiger partial charge in [0.15, 0.2) is 11.5 Å². The Hall–Kier alpha value is -2.82. The van der Waals surface area contributed by atoms with Crippen LogP contribution in [-0.4, -0.2) is 22.7 Å². The molecule has 0 radical (unpaired) electrons. The van der Waals surface area contributed by atoms with Crippen molar-refractivity contribution in [1.82, 2.24) is 4.98 Å². The molecule has 0 amide bonds. The molecule has 2 aromatic rings. The summed E-state index contributed by atoms with van der Waals surface area (Å²) in [5.41, 5.74) is 1.74. The number of aromatic nitrogens is 1. The van der Waals surface area contributed by atoms with E-state index in [9.17, 15) is 4.79 Å². The zero-order chi connectivity index (χ0) is 15.8. The Morgan fingerprint density at radius 3 is 2.64 bits per heavy atom. The van der Waals surface area contributed by atoms with Crippen LogP contribution in [0.4, 0.5) is 0 Å². The second-order valence-corrected chi connectivity index (χ2v) is 4.45. The number of nitrogens with zero attached hydrogens (tertiary/aromatic N) is 1. The number of carboxylic acids is 1. The van der Waals surface area contributed by atoms with Crippen LogP contribution in [0.15, 0.2) is 48.8 Å². The van der Waals surface area contributed by atoms with Crippen LogP contribution in [0.1, 0.15) is 18.1 Å². The zero-order valence-electron chi connectivity index (χ0n) is 12.2. The molecule has 0 aliphatic heterocycles. The van der Waals surface area contributed by atoms with Crippen molar-refractivity contribution < 1.29 is 19.4 Å². The molecule has 0 bridgehead atoms. The standard InChI is InChI=1S/C17H17NO4/c1-2-21-16-11-13(4-6-17(19)20)3-5-15(16)22-12-14-7-9-18-10-8-14/h3-11H,2,12H2,1H3,(H,19,20). The smallest absolute Gasteiger partial charge is 0.328 e. The van der Waals surface area contributed by atoms with Crippen molar-refractivity contribution in [2.45, 2.75) is 13.5 Å². The van der Waals surface area contributed by atoms with E-state index >= 15 is 0 Å². The van der Waals surface area contributed by atoms with Crippen molar-refractivity contribution in [3.8, 4) is 11.5 Å². The van der Waals surface area contributed by atoms with Crippen LogP contribution < -0.4 is 9.47 Å². The molecule has 0 atom stereocenters. The van der Waals surface area contributed by atoms with E-state index in [0.717, 1.165) is 17.2 Å². The number of hydrogen-bond acceptors (Lipinski definition) is 4. The molecule has 0 saturated heterocycles. The summed E-state index contributed by atoms with van der Waals surface area (Å²) in [5.74, 6) is 0.214. The minimum atomic E-state index is -0.990. The van der Waals surface area contributed by atoms with E-state index in [4.69, 9.17) is 14.6 Å². The minimum absolute atomic E-state index is 0.410. The monoisotopic (exact) mass is 299 g/mol. The lowest BCUT2D eigenvalue weighted by atomic mass is 10.2. The molecule has 0 aliphatic rings. The Morgan fingerprint density at radius 1 is 1.18 bits per heavy atom. The van der Waals surface area contributed by atoms with Gasteiger partial charge >= 0.3 is 5.97 Å². The molecule has 0 fully saturated rings. The van der Waals surface area contributed by atoms with E-state index in [0.29, 0.717) is 24.7 Å². The van der Waals surface area contributed by atoms with Crippen LogP contribution in [-0.2, 0) is 11.4 Å². The fourth-order valence-electron chi connectivity index (χ4n) is 1.82. The van der Waals surface area contributed by atoms with Gasteiger partial charge in [-0.25, -0.2) is 4.79 Å². The molecular formula is C17H17NO4. The van der Waals surface area contributed by atoms with E-state index in [1.165, 1.54) is 6.08 Å². The summed E-state index contributed by atoms with van der Waals surface area (Å²) in [5, 5.41) is 8.66. The molecule has 2 rings (SSSR count). The first-order chi connectivity index (χ1) is 10.7. The average molecular weight is 299 g/mol. The molecule has 1 aromatic heterocycles. The van der Waals surface area contributed by atoms with Crippen molar-refractivity contribution in [2.24, 2.45) is 0 Å². The maximum Gasteiger partial charge on any atom is 0.328 e. The summed E-state index contributed by atoms with van der Waals surface area (Å²) in [7, 11) is 0. The minimum Gasteiger partial charge on any atom is -0.490 e. The number of carboxylic acid groups (broad SMARTS) is 1. The molecule has 1 heterocycles. The quantitative estimate of drug-likeness (QED) is 0.795. The van der Waals surface area contributed by atoms with E-state index < -0.39 is 5.97 Å². The Bertz CT molecular complexity index is 653. The van der Waals surface area contributed by atoms with Crippen LogP contribution in [0.5, 0.6) is 11.5 Å². The van der Waals surface area contributed by atoms with E-state index in [1.807, 2.05) is 19.1 Å². The first kappa shape index (κ1) is 15.6. The van der Waals surface area contributed by atoms with E-state index in [1.54, 1.807) is 30.6 Å². The fourth-order valence-corrected chi connectivity index (χ4v) is 1.82. The molecule has 1 N–H and O–H groups in total. The van der Waals surface area contributed by atoms with Gasteiger partial charge < -0.3 is 14.6 Å². The highest BCUT2D eigenvalue weighted by Gasteiger charge is 2.06. The van der Waals surface area contributed by atoms with Crippen LogP contribution in [0.25, 0.3) is 6.08 Å². The normalized spacial score (nSPS) is 10.6. The topological polar surface area (TPSA) is 68.7 Å². The Kier molecular flexibility index (Phi) is 5.54. The third kappa shape index (κ3) is 4.63. The SMILES string of the molecule is CCOc1cc(C=CC(=O)O)ccc1OCc1ccncc1. The molecule has 0 spiro atoms. The highest BCUT2D eigenvalue weighted by atomic mass is 16.5. The number of carbonyl (C=O) groups is 1.